The van der Waals surface area contributed by atoms with E-state index in [-0.39, 0.29) is 24.0 Å². The maximum Gasteiger partial charge on any atom is 0.279 e. The zero-order valence-electron chi connectivity index (χ0n) is 18.9. The number of hydrogen-bond donors (Lipinski definition) is 1. The minimum atomic E-state index is -0.208. The van der Waals surface area contributed by atoms with E-state index in [1.165, 1.54) is 0 Å². The van der Waals surface area contributed by atoms with Crippen LogP contribution < -0.4 is 10.3 Å². The van der Waals surface area contributed by atoms with Crippen molar-refractivity contribution in [3.63, 3.8) is 0 Å². The van der Waals surface area contributed by atoms with Gasteiger partial charge in [-0.25, -0.2) is 9.97 Å². The second-order valence-corrected chi connectivity index (χ2v) is 8.41. The van der Waals surface area contributed by atoms with Crippen molar-refractivity contribution in [2.24, 2.45) is 5.92 Å². The molecule has 1 saturated heterocycles. The molecule has 1 fully saturated rings. The van der Waals surface area contributed by atoms with E-state index in [1.807, 2.05) is 28.8 Å². The number of ether oxygens (including phenoxy) is 2. The van der Waals surface area contributed by atoms with Gasteiger partial charge in [-0.05, 0) is 18.9 Å². The third-order valence-electron chi connectivity index (χ3n) is 5.98. The Bertz CT molecular complexity index is 1070. The summed E-state index contributed by atoms with van der Waals surface area (Å²) < 4.78 is 13.5. The summed E-state index contributed by atoms with van der Waals surface area (Å²) in [6.45, 7) is 11.3. The number of rotatable bonds is 8. The first-order valence-corrected chi connectivity index (χ1v) is 11.0. The van der Waals surface area contributed by atoms with Gasteiger partial charge in [0, 0.05) is 37.7 Å². The molecule has 174 valence electrons. The molecule has 4 rings (SSSR count). The van der Waals surface area contributed by atoms with Crippen LogP contribution in [0.5, 0.6) is 5.75 Å². The Morgan fingerprint density at radius 2 is 1.94 bits per heavy atom. The van der Waals surface area contributed by atoms with Crippen molar-refractivity contribution in [3.05, 3.63) is 52.3 Å². The highest BCUT2D eigenvalue weighted by molar-refractivity contribution is 5.85. The SMILES string of the molecule is CC(C)C(C)n1cnc2c(=O)[nH]c(Cc3ccccc3OCCN3CCOCC3)nc21.Cl. The van der Waals surface area contributed by atoms with Crippen LogP contribution in [0.25, 0.3) is 11.2 Å². The Kier molecular flexibility index (Phi) is 8.28. The first-order valence-electron chi connectivity index (χ1n) is 11.0. The summed E-state index contributed by atoms with van der Waals surface area (Å²) >= 11 is 0. The molecule has 0 saturated carbocycles. The van der Waals surface area contributed by atoms with E-state index in [9.17, 15) is 4.79 Å². The lowest BCUT2D eigenvalue weighted by molar-refractivity contribution is 0.0322. The number of para-hydroxylation sites is 1. The highest BCUT2D eigenvalue weighted by Crippen LogP contribution is 2.23. The van der Waals surface area contributed by atoms with Gasteiger partial charge in [0.15, 0.2) is 11.2 Å². The Balaban J connectivity index is 0.00000289. The number of aromatic amines is 1. The van der Waals surface area contributed by atoms with Crippen molar-refractivity contribution >= 4 is 23.6 Å². The van der Waals surface area contributed by atoms with Crippen LogP contribution in [0.3, 0.4) is 0 Å². The van der Waals surface area contributed by atoms with Crippen LogP contribution in [0, 0.1) is 5.92 Å². The Morgan fingerprint density at radius 3 is 2.69 bits per heavy atom. The number of nitrogens with one attached hydrogen (secondary N) is 1. The molecule has 1 N–H and O–H groups in total. The molecule has 8 nitrogen and oxygen atoms in total. The molecular formula is C23H32ClN5O3. The van der Waals surface area contributed by atoms with Crippen LogP contribution in [0.15, 0.2) is 35.4 Å². The monoisotopic (exact) mass is 461 g/mol. The molecule has 1 unspecified atom stereocenters. The van der Waals surface area contributed by atoms with Crippen LogP contribution in [0.1, 0.15) is 38.2 Å². The zero-order valence-corrected chi connectivity index (χ0v) is 19.7. The van der Waals surface area contributed by atoms with Gasteiger partial charge in [-0.15, -0.1) is 12.4 Å². The van der Waals surface area contributed by atoms with E-state index < -0.39 is 0 Å². The van der Waals surface area contributed by atoms with Crippen molar-refractivity contribution in [1.29, 1.82) is 0 Å². The second kappa shape index (κ2) is 10.9. The predicted molar refractivity (Wildman–Crippen MR) is 127 cm³/mol. The lowest BCUT2D eigenvalue weighted by atomic mass is 10.1. The fourth-order valence-corrected chi connectivity index (χ4v) is 3.76. The topological polar surface area (TPSA) is 85.3 Å². The van der Waals surface area contributed by atoms with Crippen LogP contribution in [-0.2, 0) is 11.2 Å². The van der Waals surface area contributed by atoms with Gasteiger partial charge in [-0.2, -0.15) is 0 Å². The number of morpholine rings is 1. The van der Waals surface area contributed by atoms with E-state index in [4.69, 9.17) is 14.5 Å². The summed E-state index contributed by atoms with van der Waals surface area (Å²) in [5, 5.41) is 0. The second-order valence-electron chi connectivity index (χ2n) is 8.41. The zero-order chi connectivity index (χ0) is 21.8. The number of fused-ring (bicyclic) bond motifs is 1. The van der Waals surface area contributed by atoms with Crippen molar-refractivity contribution in [1.82, 2.24) is 24.4 Å². The quantitative estimate of drug-likeness (QED) is 0.555. The molecular weight excluding hydrogens is 430 g/mol. The minimum Gasteiger partial charge on any atom is -0.492 e. The van der Waals surface area contributed by atoms with Gasteiger partial charge >= 0.3 is 0 Å². The molecule has 9 heteroatoms. The number of H-pyrrole nitrogens is 1. The fourth-order valence-electron chi connectivity index (χ4n) is 3.76. The Labute approximate surface area is 194 Å². The summed E-state index contributed by atoms with van der Waals surface area (Å²) in [7, 11) is 0. The standard InChI is InChI=1S/C23H31N5O3.ClH/c1-16(2)17(3)28-15-24-21-22(28)25-20(26-23(21)29)14-18-6-4-5-7-19(18)31-13-10-27-8-11-30-12-9-27;/h4-7,15-17H,8-14H2,1-3H3,(H,25,26,29);1H. The first kappa shape index (κ1) is 24.2. The molecule has 0 spiro atoms. The predicted octanol–water partition coefficient (Wildman–Crippen LogP) is 3.06. The smallest absolute Gasteiger partial charge is 0.279 e. The Hall–Kier alpha value is -2.42. The van der Waals surface area contributed by atoms with Gasteiger partial charge in [0.05, 0.1) is 19.5 Å². The van der Waals surface area contributed by atoms with Crippen LogP contribution >= 0.6 is 12.4 Å². The molecule has 1 aromatic carbocycles. The summed E-state index contributed by atoms with van der Waals surface area (Å²) in [5.41, 5.74) is 1.80. The van der Waals surface area contributed by atoms with Crippen LogP contribution in [0.4, 0.5) is 0 Å². The molecule has 3 aromatic rings. The maximum absolute atomic E-state index is 12.6. The minimum absolute atomic E-state index is 0. The van der Waals surface area contributed by atoms with Gasteiger partial charge < -0.3 is 19.0 Å². The summed E-state index contributed by atoms with van der Waals surface area (Å²) in [4.78, 5) is 26.9. The molecule has 32 heavy (non-hydrogen) atoms. The van der Waals surface area contributed by atoms with Gasteiger partial charge in [0.2, 0.25) is 0 Å². The third kappa shape index (κ3) is 5.49. The molecule has 1 aliphatic heterocycles. The molecule has 0 aliphatic carbocycles. The van der Waals surface area contributed by atoms with Gasteiger partial charge in [0.25, 0.3) is 5.56 Å². The van der Waals surface area contributed by atoms with E-state index in [0.29, 0.717) is 35.9 Å². The van der Waals surface area contributed by atoms with E-state index in [1.54, 1.807) is 6.33 Å². The van der Waals surface area contributed by atoms with Crippen LogP contribution in [-0.4, -0.2) is 63.9 Å². The third-order valence-corrected chi connectivity index (χ3v) is 5.98. The molecule has 1 atom stereocenters. The van der Waals surface area contributed by atoms with E-state index in [2.05, 4.69) is 35.6 Å². The lowest BCUT2D eigenvalue weighted by Crippen LogP contribution is -2.38. The highest BCUT2D eigenvalue weighted by atomic mass is 35.5. The highest BCUT2D eigenvalue weighted by Gasteiger charge is 2.17. The average molecular weight is 462 g/mol. The average Bonchev–Trinajstić information content (AvgIpc) is 3.19. The number of benzene rings is 1. The lowest BCUT2D eigenvalue weighted by Gasteiger charge is -2.26. The van der Waals surface area contributed by atoms with Gasteiger partial charge in [0.1, 0.15) is 18.2 Å². The molecule has 0 radical (unpaired) electrons. The van der Waals surface area contributed by atoms with Crippen molar-refractivity contribution in [2.45, 2.75) is 33.2 Å². The fraction of sp³-hybridized carbons (Fsp3) is 0.522. The maximum atomic E-state index is 12.6. The van der Waals surface area contributed by atoms with Gasteiger partial charge in [-0.1, -0.05) is 32.0 Å². The number of nitrogens with zero attached hydrogens (tertiary/aromatic N) is 4. The van der Waals surface area contributed by atoms with Crippen molar-refractivity contribution in [3.8, 4) is 5.75 Å². The number of aromatic nitrogens is 4. The molecule has 2 aromatic heterocycles. The van der Waals surface area contributed by atoms with Crippen molar-refractivity contribution in [2.75, 3.05) is 39.5 Å². The number of imidazole rings is 1. The van der Waals surface area contributed by atoms with E-state index >= 15 is 0 Å². The molecule has 3 heterocycles. The summed E-state index contributed by atoms with van der Waals surface area (Å²) in [6, 6.07) is 8.12. The molecule has 0 amide bonds. The van der Waals surface area contributed by atoms with Gasteiger partial charge in [-0.3, -0.25) is 9.69 Å². The van der Waals surface area contributed by atoms with Crippen molar-refractivity contribution < 1.29 is 9.47 Å². The summed E-state index contributed by atoms with van der Waals surface area (Å²) in [6.07, 6.45) is 2.20. The van der Waals surface area contributed by atoms with E-state index in [0.717, 1.165) is 44.2 Å². The largest absolute Gasteiger partial charge is 0.492 e. The first-order chi connectivity index (χ1) is 15.0. The number of hydrogen-bond acceptors (Lipinski definition) is 6. The molecule has 1 aliphatic rings. The Morgan fingerprint density at radius 1 is 1.19 bits per heavy atom. The van der Waals surface area contributed by atoms with Crippen LogP contribution in [0.2, 0.25) is 0 Å². The molecule has 0 bridgehead atoms. The normalized spacial score (nSPS) is 15.6. The number of halogens is 1. The summed E-state index contributed by atoms with van der Waals surface area (Å²) in [5.74, 6) is 1.84.